The minimum absolute atomic E-state index is 0.149. The molecule has 6 heteroatoms. The lowest BCUT2D eigenvalue weighted by molar-refractivity contribution is -0.137. The Morgan fingerprint density at radius 1 is 1.36 bits per heavy atom. The Kier molecular flexibility index (Phi) is 2.71. The van der Waals surface area contributed by atoms with Crippen LogP contribution in [-0.4, -0.2) is 6.29 Å². The summed E-state index contributed by atoms with van der Waals surface area (Å²) < 4.78 is 36.9. The van der Waals surface area contributed by atoms with Crippen LogP contribution in [0, 0.1) is 0 Å². The van der Waals surface area contributed by atoms with Gasteiger partial charge in [-0.25, -0.2) is 0 Å². The zero-order valence-electron chi connectivity index (χ0n) is 6.73. The van der Waals surface area contributed by atoms with E-state index in [1.165, 1.54) is 0 Å². The highest BCUT2D eigenvalue weighted by molar-refractivity contribution is 6.33. The van der Waals surface area contributed by atoms with Crippen LogP contribution in [0.4, 0.5) is 18.9 Å². The Morgan fingerprint density at radius 3 is 2.36 bits per heavy atom. The quantitative estimate of drug-likeness (QED) is 0.588. The van der Waals surface area contributed by atoms with E-state index in [1.807, 2.05) is 0 Å². The van der Waals surface area contributed by atoms with E-state index in [-0.39, 0.29) is 17.5 Å². The second-order valence-electron chi connectivity index (χ2n) is 2.59. The van der Waals surface area contributed by atoms with Gasteiger partial charge in [0.05, 0.1) is 10.6 Å². The molecule has 0 aliphatic rings. The summed E-state index contributed by atoms with van der Waals surface area (Å²) in [5.41, 5.74) is 3.67. The number of alkyl halides is 3. The van der Waals surface area contributed by atoms with Gasteiger partial charge in [-0.15, -0.1) is 0 Å². The smallest absolute Gasteiger partial charge is 0.399 e. The van der Waals surface area contributed by atoms with E-state index >= 15 is 0 Å². The fourth-order valence-corrected chi connectivity index (χ4v) is 1.22. The molecule has 0 atom stereocenters. The number of carbonyl (C=O) groups is 1. The molecule has 1 rings (SSSR count). The molecular weight excluding hydrogens is 219 g/mol. The highest BCUT2D eigenvalue weighted by Crippen LogP contribution is 2.37. The molecule has 14 heavy (non-hydrogen) atoms. The molecule has 1 aromatic rings. The lowest BCUT2D eigenvalue weighted by Gasteiger charge is -2.10. The fourth-order valence-electron chi connectivity index (χ4n) is 0.962. The van der Waals surface area contributed by atoms with Crippen LogP contribution in [0.2, 0.25) is 5.02 Å². The number of benzene rings is 1. The molecule has 0 aliphatic carbocycles. The summed E-state index contributed by atoms with van der Waals surface area (Å²) >= 11 is 5.36. The van der Waals surface area contributed by atoms with Crippen molar-refractivity contribution in [2.24, 2.45) is 0 Å². The molecule has 2 nitrogen and oxygen atoms in total. The molecule has 76 valence electrons. The Balaban J connectivity index is 3.44. The van der Waals surface area contributed by atoms with Crippen molar-refractivity contribution in [3.8, 4) is 0 Å². The molecule has 0 spiro atoms. The largest absolute Gasteiger partial charge is 0.417 e. The van der Waals surface area contributed by atoms with Gasteiger partial charge in [-0.1, -0.05) is 11.6 Å². The molecule has 0 unspecified atom stereocenters. The second kappa shape index (κ2) is 3.49. The first-order valence-corrected chi connectivity index (χ1v) is 3.85. The van der Waals surface area contributed by atoms with Gasteiger partial charge in [-0.05, 0) is 12.1 Å². The molecule has 2 N–H and O–H groups in total. The van der Waals surface area contributed by atoms with Crippen LogP contribution in [0.5, 0.6) is 0 Å². The number of nitrogens with two attached hydrogens (primary N) is 1. The third-order valence-corrected chi connectivity index (χ3v) is 1.98. The first-order valence-electron chi connectivity index (χ1n) is 3.47. The summed E-state index contributed by atoms with van der Waals surface area (Å²) in [5.74, 6) is 0. The second-order valence-corrected chi connectivity index (χ2v) is 2.97. The molecule has 0 fully saturated rings. The van der Waals surface area contributed by atoms with E-state index in [4.69, 9.17) is 17.3 Å². The summed E-state index contributed by atoms with van der Waals surface area (Å²) in [7, 11) is 0. The van der Waals surface area contributed by atoms with E-state index in [2.05, 4.69) is 0 Å². The monoisotopic (exact) mass is 223 g/mol. The predicted octanol–water partition coefficient (Wildman–Crippen LogP) is 2.75. The highest BCUT2D eigenvalue weighted by atomic mass is 35.5. The maximum atomic E-state index is 12.3. The molecule has 0 aliphatic heterocycles. The summed E-state index contributed by atoms with van der Waals surface area (Å²) in [6, 6.07) is 1.78. The summed E-state index contributed by atoms with van der Waals surface area (Å²) in [4.78, 5) is 10.4. The third kappa shape index (κ3) is 1.98. The normalized spacial score (nSPS) is 11.4. The summed E-state index contributed by atoms with van der Waals surface area (Å²) in [6.07, 6.45) is -4.38. The van der Waals surface area contributed by atoms with Gasteiger partial charge >= 0.3 is 6.18 Å². The van der Waals surface area contributed by atoms with Crippen LogP contribution in [-0.2, 0) is 6.18 Å². The van der Waals surface area contributed by atoms with Gasteiger partial charge in [0.15, 0.2) is 6.29 Å². The molecule has 0 saturated heterocycles. The number of nitrogen functional groups attached to an aromatic ring is 1. The maximum Gasteiger partial charge on any atom is 0.417 e. The van der Waals surface area contributed by atoms with Gasteiger partial charge in [0.2, 0.25) is 0 Å². The molecule has 0 saturated carbocycles. The van der Waals surface area contributed by atoms with Crippen molar-refractivity contribution in [2.45, 2.75) is 6.18 Å². The number of halogens is 4. The van der Waals surface area contributed by atoms with Crippen LogP contribution in [0.15, 0.2) is 12.1 Å². The molecule has 0 radical (unpaired) electrons. The average Bonchev–Trinajstić information content (AvgIpc) is 2.06. The zero-order valence-corrected chi connectivity index (χ0v) is 7.49. The summed E-state index contributed by atoms with van der Waals surface area (Å²) in [6.45, 7) is 0. The maximum absolute atomic E-state index is 12.3. The van der Waals surface area contributed by atoms with Crippen molar-refractivity contribution in [1.29, 1.82) is 0 Å². The molecule has 0 aromatic heterocycles. The van der Waals surface area contributed by atoms with Crippen LogP contribution in [0.25, 0.3) is 0 Å². The van der Waals surface area contributed by atoms with Crippen LogP contribution >= 0.6 is 11.6 Å². The van der Waals surface area contributed by atoms with E-state index in [1.54, 1.807) is 0 Å². The Morgan fingerprint density at radius 2 is 1.93 bits per heavy atom. The lowest BCUT2D eigenvalue weighted by Crippen LogP contribution is -2.08. The number of hydrogen-bond donors (Lipinski definition) is 1. The van der Waals surface area contributed by atoms with Crippen molar-refractivity contribution in [1.82, 2.24) is 0 Å². The minimum atomic E-state index is -4.61. The van der Waals surface area contributed by atoms with Gasteiger partial charge in [-0.2, -0.15) is 13.2 Å². The third-order valence-electron chi connectivity index (χ3n) is 1.56. The number of rotatable bonds is 1. The highest BCUT2D eigenvalue weighted by Gasteiger charge is 2.34. The van der Waals surface area contributed by atoms with E-state index < -0.39 is 16.8 Å². The van der Waals surface area contributed by atoms with Gasteiger partial charge in [-0.3, -0.25) is 4.79 Å². The van der Waals surface area contributed by atoms with Crippen molar-refractivity contribution in [2.75, 3.05) is 5.73 Å². The molecule has 0 amide bonds. The van der Waals surface area contributed by atoms with Gasteiger partial charge in [0.1, 0.15) is 0 Å². The average molecular weight is 224 g/mol. The van der Waals surface area contributed by atoms with Crippen molar-refractivity contribution < 1.29 is 18.0 Å². The van der Waals surface area contributed by atoms with Gasteiger partial charge in [0, 0.05) is 11.3 Å². The number of carbonyl (C=O) groups excluding carboxylic acids is 1. The predicted molar refractivity (Wildman–Crippen MR) is 46.3 cm³/mol. The van der Waals surface area contributed by atoms with Crippen LogP contribution in [0.1, 0.15) is 15.9 Å². The van der Waals surface area contributed by atoms with E-state index in [0.29, 0.717) is 6.07 Å². The van der Waals surface area contributed by atoms with Crippen molar-refractivity contribution >= 4 is 23.6 Å². The Bertz CT molecular complexity index is 376. The Hall–Kier alpha value is -1.23. The number of hydrogen-bond acceptors (Lipinski definition) is 2. The number of aldehydes is 1. The number of anilines is 1. The van der Waals surface area contributed by atoms with Crippen molar-refractivity contribution in [3.05, 3.63) is 28.3 Å². The van der Waals surface area contributed by atoms with Crippen LogP contribution < -0.4 is 5.73 Å². The van der Waals surface area contributed by atoms with Gasteiger partial charge < -0.3 is 5.73 Å². The molecule has 0 bridgehead atoms. The van der Waals surface area contributed by atoms with Crippen LogP contribution in [0.3, 0.4) is 0 Å². The van der Waals surface area contributed by atoms with E-state index in [0.717, 1.165) is 6.07 Å². The first kappa shape index (κ1) is 10.8. The zero-order chi connectivity index (χ0) is 10.9. The SMILES string of the molecule is Nc1cc(C=O)c(Cl)c(C(F)(F)F)c1. The first-order chi connectivity index (χ1) is 6.36. The minimum Gasteiger partial charge on any atom is -0.399 e. The van der Waals surface area contributed by atoms with Crippen molar-refractivity contribution in [3.63, 3.8) is 0 Å². The van der Waals surface area contributed by atoms with Gasteiger partial charge in [0.25, 0.3) is 0 Å². The lowest BCUT2D eigenvalue weighted by atomic mass is 10.1. The molecular formula is C8H5ClF3NO. The Labute approximate surface area is 82.5 Å². The fraction of sp³-hybridized carbons (Fsp3) is 0.125. The molecule has 0 heterocycles. The molecule has 1 aromatic carbocycles. The standard InChI is InChI=1S/C8H5ClF3NO/c9-7-4(3-14)1-5(13)2-6(7)8(10,11)12/h1-3H,13H2. The summed E-state index contributed by atoms with van der Waals surface area (Å²) in [5, 5.41) is -0.623. The van der Waals surface area contributed by atoms with E-state index in [9.17, 15) is 18.0 Å². The topological polar surface area (TPSA) is 43.1 Å².